The van der Waals surface area contributed by atoms with Crippen LogP contribution in [0.4, 0.5) is 0 Å². The first kappa shape index (κ1) is 15.0. The molecule has 1 aliphatic carbocycles. The van der Waals surface area contributed by atoms with E-state index in [2.05, 4.69) is 0 Å². The van der Waals surface area contributed by atoms with Crippen molar-refractivity contribution in [2.75, 3.05) is 19.6 Å². The number of aliphatic carboxylic acids is 1. The van der Waals surface area contributed by atoms with E-state index >= 15 is 0 Å². The first-order valence-corrected chi connectivity index (χ1v) is 6.77. The number of carbonyl (C=O) groups is 2. The van der Waals surface area contributed by atoms with Crippen LogP contribution in [0.15, 0.2) is 0 Å². The SMILES string of the molecule is CCCN(CC(=O)O)C(=O)C1(CN)CCCCC1. The van der Waals surface area contributed by atoms with Crippen molar-refractivity contribution >= 4 is 11.9 Å². The van der Waals surface area contributed by atoms with Crippen LogP contribution in [-0.2, 0) is 9.59 Å². The average molecular weight is 256 g/mol. The van der Waals surface area contributed by atoms with Crippen molar-refractivity contribution in [3.05, 3.63) is 0 Å². The Bertz CT molecular complexity index is 299. The van der Waals surface area contributed by atoms with Gasteiger partial charge in [-0.3, -0.25) is 9.59 Å². The van der Waals surface area contributed by atoms with Gasteiger partial charge in [-0.2, -0.15) is 0 Å². The fourth-order valence-corrected chi connectivity index (χ4v) is 2.75. The molecule has 0 atom stereocenters. The minimum Gasteiger partial charge on any atom is -0.480 e. The van der Waals surface area contributed by atoms with Crippen LogP contribution in [-0.4, -0.2) is 41.5 Å². The highest BCUT2D eigenvalue weighted by Gasteiger charge is 2.40. The fourth-order valence-electron chi connectivity index (χ4n) is 2.75. The van der Waals surface area contributed by atoms with E-state index in [1.54, 1.807) is 0 Å². The molecule has 5 nitrogen and oxygen atoms in total. The number of amides is 1. The van der Waals surface area contributed by atoms with E-state index in [1.165, 1.54) is 4.90 Å². The van der Waals surface area contributed by atoms with E-state index in [4.69, 9.17) is 10.8 Å². The average Bonchev–Trinajstić information content (AvgIpc) is 2.37. The predicted molar refractivity (Wildman–Crippen MR) is 69.1 cm³/mol. The predicted octanol–water partition coefficient (Wildman–Crippen LogP) is 1.22. The van der Waals surface area contributed by atoms with Crippen LogP contribution in [0.5, 0.6) is 0 Å². The second-order valence-electron chi connectivity index (χ2n) is 5.17. The van der Waals surface area contributed by atoms with Gasteiger partial charge in [0.15, 0.2) is 0 Å². The third kappa shape index (κ3) is 3.45. The van der Waals surface area contributed by atoms with Crippen molar-refractivity contribution in [2.24, 2.45) is 11.1 Å². The lowest BCUT2D eigenvalue weighted by Crippen LogP contribution is -2.50. The lowest BCUT2D eigenvalue weighted by molar-refractivity contribution is -0.151. The van der Waals surface area contributed by atoms with Crippen LogP contribution in [0.3, 0.4) is 0 Å². The first-order chi connectivity index (χ1) is 8.55. The van der Waals surface area contributed by atoms with Gasteiger partial charge in [0, 0.05) is 13.1 Å². The van der Waals surface area contributed by atoms with Gasteiger partial charge in [0.25, 0.3) is 0 Å². The van der Waals surface area contributed by atoms with Gasteiger partial charge < -0.3 is 15.7 Å². The molecule has 3 N–H and O–H groups in total. The molecule has 0 radical (unpaired) electrons. The van der Waals surface area contributed by atoms with Crippen molar-refractivity contribution in [3.8, 4) is 0 Å². The van der Waals surface area contributed by atoms with Crippen molar-refractivity contribution in [2.45, 2.75) is 45.4 Å². The summed E-state index contributed by atoms with van der Waals surface area (Å²) < 4.78 is 0. The van der Waals surface area contributed by atoms with E-state index < -0.39 is 11.4 Å². The molecule has 1 saturated carbocycles. The maximum Gasteiger partial charge on any atom is 0.323 e. The third-order valence-corrected chi connectivity index (χ3v) is 3.76. The molecule has 1 aliphatic rings. The highest BCUT2D eigenvalue weighted by molar-refractivity contribution is 5.86. The molecule has 0 aromatic heterocycles. The number of carboxylic acids is 1. The number of rotatable bonds is 6. The molecule has 5 heteroatoms. The van der Waals surface area contributed by atoms with E-state index in [0.717, 1.165) is 38.5 Å². The lowest BCUT2D eigenvalue weighted by Gasteiger charge is -2.38. The van der Waals surface area contributed by atoms with E-state index in [-0.39, 0.29) is 12.5 Å². The third-order valence-electron chi connectivity index (χ3n) is 3.76. The van der Waals surface area contributed by atoms with Crippen molar-refractivity contribution in [1.29, 1.82) is 0 Å². The number of carboxylic acid groups (broad SMARTS) is 1. The second-order valence-corrected chi connectivity index (χ2v) is 5.17. The van der Waals surface area contributed by atoms with Crippen LogP contribution in [0, 0.1) is 5.41 Å². The van der Waals surface area contributed by atoms with Crippen molar-refractivity contribution in [1.82, 2.24) is 4.90 Å². The standard InChI is InChI=1S/C13H24N2O3/c1-2-8-15(9-11(16)17)12(18)13(10-14)6-4-3-5-7-13/h2-10,14H2,1H3,(H,16,17). The molecule has 1 fully saturated rings. The van der Waals surface area contributed by atoms with Crippen LogP contribution in [0.25, 0.3) is 0 Å². The lowest BCUT2D eigenvalue weighted by atomic mass is 9.73. The molecular weight excluding hydrogens is 232 g/mol. The first-order valence-electron chi connectivity index (χ1n) is 6.77. The summed E-state index contributed by atoms with van der Waals surface area (Å²) in [5.74, 6) is -1.02. The highest BCUT2D eigenvalue weighted by atomic mass is 16.4. The summed E-state index contributed by atoms with van der Waals surface area (Å²) in [5.41, 5.74) is 5.30. The zero-order valence-corrected chi connectivity index (χ0v) is 11.2. The zero-order valence-electron chi connectivity index (χ0n) is 11.2. The number of nitrogens with zero attached hydrogens (tertiary/aromatic N) is 1. The maximum absolute atomic E-state index is 12.6. The summed E-state index contributed by atoms with van der Waals surface area (Å²) in [6.07, 6.45) is 5.51. The van der Waals surface area contributed by atoms with Gasteiger partial charge >= 0.3 is 5.97 Å². The minimum atomic E-state index is -0.959. The Morgan fingerprint density at radius 1 is 1.28 bits per heavy atom. The Labute approximate surface area is 108 Å². The Balaban J connectivity index is 2.81. The number of nitrogens with two attached hydrogens (primary N) is 1. The minimum absolute atomic E-state index is 0.0612. The van der Waals surface area contributed by atoms with Gasteiger partial charge in [-0.1, -0.05) is 26.2 Å². The van der Waals surface area contributed by atoms with Crippen molar-refractivity contribution in [3.63, 3.8) is 0 Å². The van der Waals surface area contributed by atoms with Gasteiger partial charge in [0.2, 0.25) is 5.91 Å². The van der Waals surface area contributed by atoms with Crippen LogP contribution >= 0.6 is 0 Å². The maximum atomic E-state index is 12.6. The summed E-state index contributed by atoms with van der Waals surface area (Å²) in [7, 11) is 0. The van der Waals surface area contributed by atoms with Gasteiger partial charge in [-0.15, -0.1) is 0 Å². The molecule has 0 unspecified atom stereocenters. The molecule has 0 bridgehead atoms. The molecule has 0 spiro atoms. The van der Waals surface area contributed by atoms with Gasteiger partial charge in [-0.25, -0.2) is 0 Å². The Morgan fingerprint density at radius 2 is 1.89 bits per heavy atom. The summed E-state index contributed by atoms with van der Waals surface area (Å²) in [6, 6.07) is 0. The quantitative estimate of drug-likeness (QED) is 0.748. The molecule has 0 heterocycles. The van der Waals surface area contributed by atoms with Crippen molar-refractivity contribution < 1.29 is 14.7 Å². The summed E-state index contributed by atoms with van der Waals surface area (Å²) >= 11 is 0. The van der Waals surface area contributed by atoms with Crippen LogP contribution < -0.4 is 5.73 Å². The molecular formula is C13H24N2O3. The number of hydrogen-bond acceptors (Lipinski definition) is 3. The largest absolute Gasteiger partial charge is 0.480 e. The molecule has 0 aromatic rings. The summed E-state index contributed by atoms with van der Waals surface area (Å²) in [4.78, 5) is 24.9. The fraction of sp³-hybridized carbons (Fsp3) is 0.846. The molecule has 104 valence electrons. The van der Waals surface area contributed by atoms with Gasteiger partial charge in [-0.05, 0) is 19.3 Å². The van der Waals surface area contributed by atoms with E-state index in [9.17, 15) is 9.59 Å². The monoisotopic (exact) mass is 256 g/mol. The molecule has 0 aliphatic heterocycles. The van der Waals surface area contributed by atoms with Gasteiger partial charge in [0.1, 0.15) is 6.54 Å². The van der Waals surface area contributed by atoms with E-state index in [0.29, 0.717) is 13.1 Å². The molecule has 0 aromatic carbocycles. The topological polar surface area (TPSA) is 83.6 Å². The Morgan fingerprint density at radius 3 is 2.33 bits per heavy atom. The zero-order chi connectivity index (χ0) is 13.6. The normalized spacial score (nSPS) is 18.3. The smallest absolute Gasteiger partial charge is 0.323 e. The molecule has 1 amide bonds. The molecule has 1 rings (SSSR count). The van der Waals surface area contributed by atoms with E-state index in [1.807, 2.05) is 6.92 Å². The van der Waals surface area contributed by atoms with Crippen LogP contribution in [0.1, 0.15) is 45.4 Å². The summed E-state index contributed by atoms with van der Waals surface area (Å²) in [5, 5.41) is 8.89. The molecule has 0 saturated heterocycles. The highest BCUT2D eigenvalue weighted by Crippen LogP contribution is 2.37. The van der Waals surface area contributed by atoms with Crippen LogP contribution in [0.2, 0.25) is 0 Å². The van der Waals surface area contributed by atoms with Gasteiger partial charge in [0.05, 0.1) is 5.41 Å². The Hall–Kier alpha value is -1.10. The Kier molecular flexibility index (Phi) is 5.59. The number of hydrogen-bond donors (Lipinski definition) is 2. The summed E-state index contributed by atoms with van der Waals surface area (Å²) in [6.45, 7) is 2.55. The number of carbonyl (C=O) groups excluding carboxylic acids is 1. The second kappa shape index (κ2) is 6.73. The molecule has 18 heavy (non-hydrogen) atoms.